The van der Waals surface area contributed by atoms with E-state index in [-0.39, 0.29) is 5.56 Å². The number of hydrogen-bond acceptors (Lipinski definition) is 6. The first-order valence-corrected chi connectivity index (χ1v) is 8.68. The number of H-pyrrole nitrogens is 1. The standard InChI is InChI=1S/C19H20N6O/c1-13-11-18(26)24-17(22-13)7-9-20-19-21-12-16-15(23-19)8-10-25(16)14-5-3-2-4-6-14/h2-6,11-12H,7-10H2,1H3,(H,20,21,23)(H,22,24,26). The molecule has 0 bridgehead atoms. The summed E-state index contributed by atoms with van der Waals surface area (Å²) in [4.78, 5) is 29.9. The van der Waals surface area contributed by atoms with E-state index in [4.69, 9.17) is 0 Å². The van der Waals surface area contributed by atoms with Crippen molar-refractivity contribution in [2.75, 3.05) is 23.3 Å². The lowest BCUT2D eigenvalue weighted by molar-refractivity contribution is 0.856. The van der Waals surface area contributed by atoms with Crippen LogP contribution in [0, 0.1) is 6.92 Å². The molecule has 0 atom stereocenters. The number of anilines is 3. The van der Waals surface area contributed by atoms with Gasteiger partial charge in [0.25, 0.3) is 5.56 Å². The quantitative estimate of drug-likeness (QED) is 0.735. The van der Waals surface area contributed by atoms with Crippen LogP contribution in [0.25, 0.3) is 0 Å². The summed E-state index contributed by atoms with van der Waals surface area (Å²) in [5.41, 5.74) is 3.87. The zero-order valence-corrected chi connectivity index (χ0v) is 14.6. The molecule has 7 nitrogen and oxygen atoms in total. The molecule has 0 saturated heterocycles. The number of aromatic amines is 1. The molecule has 0 fully saturated rings. The second kappa shape index (κ2) is 6.95. The van der Waals surface area contributed by atoms with Gasteiger partial charge in [-0.25, -0.2) is 15.0 Å². The van der Waals surface area contributed by atoms with Gasteiger partial charge in [0, 0.05) is 43.4 Å². The Balaban J connectivity index is 1.43. The number of fused-ring (bicyclic) bond motifs is 1. The maximum Gasteiger partial charge on any atom is 0.251 e. The van der Waals surface area contributed by atoms with E-state index >= 15 is 0 Å². The number of rotatable bonds is 5. The van der Waals surface area contributed by atoms with Gasteiger partial charge < -0.3 is 15.2 Å². The van der Waals surface area contributed by atoms with E-state index < -0.39 is 0 Å². The van der Waals surface area contributed by atoms with E-state index in [9.17, 15) is 4.79 Å². The van der Waals surface area contributed by atoms with E-state index in [2.05, 4.69) is 42.3 Å². The summed E-state index contributed by atoms with van der Waals surface area (Å²) in [5, 5.41) is 3.21. The first kappa shape index (κ1) is 16.3. The minimum absolute atomic E-state index is 0.123. The first-order valence-electron chi connectivity index (χ1n) is 8.68. The summed E-state index contributed by atoms with van der Waals surface area (Å²) >= 11 is 0. The van der Waals surface area contributed by atoms with Gasteiger partial charge in [-0.2, -0.15) is 0 Å². The highest BCUT2D eigenvalue weighted by molar-refractivity contribution is 5.68. The van der Waals surface area contributed by atoms with Crippen molar-refractivity contribution in [1.82, 2.24) is 19.9 Å². The number of aromatic nitrogens is 4. The van der Waals surface area contributed by atoms with Crippen LogP contribution in [-0.2, 0) is 12.8 Å². The molecule has 4 rings (SSSR count). The molecule has 1 aliphatic heterocycles. The molecule has 1 aromatic carbocycles. The zero-order valence-electron chi connectivity index (χ0n) is 14.6. The molecule has 2 aromatic heterocycles. The monoisotopic (exact) mass is 348 g/mol. The Labute approximate surface area is 151 Å². The molecule has 0 saturated carbocycles. The molecular weight excluding hydrogens is 328 g/mol. The largest absolute Gasteiger partial charge is 0.354 e. The van der Waals surface area contributed by atoms with E-state index in [0.717, 1.165) is 35.7 Å². The van der Waals surface area contributed by atoms with E-state index in [1.165, 1.54) is 6.07 Å². The summed E-state index contributed by atoms with van der Waals surface area (Å²) < 4.78 is 0. The van der Waals surface area contributed by atoms with Crippen molar-refractivity contribution in [1.29, 1.82) is 0 Å². The van der Waals surface area contributed by atoms with E-state index in [1.54, 1.807) is 0 Å². The summed E-state index contributed by atoms with van der Waals surface area (Å²) in [5.74, 6) is 1.27. The molecule has 132 valence electrons. The zero-order chi connectivity index (χ0) is 17.9. The Hall–Kier alpha value is -3.22. The number of hydrogen-bond donors (Lipinski definition) is 2. The van der Waals surface area contributed by atoms with Crippen LogP contribution in [0.5, 0.6) is 0 Å². The topological polar surface area (TPSA) is 86.8 Å². The SMILES string of the molecule is Cc1cc(=O)[nH]c(CCNc2ncc3c(n2)CCN3c2ccccc2)n1. The maximum absolute atomic E-state index is 11.5. The highest BCUT2D eigenvalue weighted by Crippen LogP contribution is 2.32. The number of nitrogens with zero attached hydrogens (tertiary/aromatic N) is 4. The smallest absolute Gasteiger partial charge is 0.251 e. The van der Waals surface area contributed by atoms with Crippen LogP contribution in [-0.4, -0.2) is 33.0 Å². The van der Waals surface area contributed by atoms with Crippen molar-refractivity contribution in [3.8, 4) is 0 Å². The lowest BCUT2D eigenvalue weighted by Crippen LogP contribution is -2.16. The van der Waals surface area contributed by atoms with Crippen LogP contribution in [0.2, 0.25) is 0 Å². The molecular formula is C19H20N6O. The van der Waals surface area contributed by atoms with E-state index in [1.807, 2.05) is 31.3 Å². The number of aryl methyl sites for hydroxylation is 1. The molecule has 0 unspecified atom stereocenters. The summed E-state index contributed by atoms with van der Waals surface area (Å²) in [6.45, 7) is 3.33. The minimum atomic E-state index is -0.123. The van der Waals surface area contributed by atoms with Gasteiger partial charge in [-0.1, -0.05) is 18.2 Å². The Bertz CT molecular complexity index is 969. The van der Waals surface area contributed by atoms with Crippen molar-refractivity contribution < 1.29 is 0 Å². The van der Waals surface area contributed by atoms with Gasteiger partial charge in [-0.05, 0) is 19.1 Å². The lowest BCUT2D eigenvalue weighted by atomic mass is 10.3. The van der Waals surface area contributed by atoms with Crippen molar-refractivity contribution in [3.63, 3.8) is 0 Å². The van der Waals surface area contributed by atoms with Crippen LogP contribution in [0.1, 0.15) is 17.2 Å². The van der Waals surface area contributed by atoms with Gasteiger partial charge in [0.15, 0.2) is 0 Å². The average Bonchev–Trinajstić information content (AvgIpc) is 3.05. The highest BCUT2D eigenvalue weighted by Gasteiger charge is 2.22. The Kier molecular flexibility index (Phi) is 4.35. The van der Waals surface area contributed by atoms with Crippen LogP contribution in [0.4, 0.5) is 17.3 Å². The van der Waals surface area contributed by atoms with Crippen molar-refractivity contribution in [3.05, 3.63) is 70.2 Å². The molecule has 0 spiro atoms. The van der Waals surface area contributed by atoms with Gasteiger partial charge in [-0.15, -0.1) is 0 Å². The molecule has 1 aliphatic rings. The third-order valence-electron chi connectivity index (χ3n) is 4.34. The second-order valence-corrected chi connectivity index (χ2v) is 6.27. The van der Waals surface area contributed by atoms with E-state index in [0.29, 0.717) is 24.7 Å². The third kappa shape index (κ3) is 3.42. The first-order chi connectivity index (χ1) is 12.7. The molecule has 3 aromatic rings. The van der Waals surface area contributed by atoms with Crippen LogP contribution in [0.15, 0.2) is 47.4 Å². The van der Waals surface area contributed by atoms with Crippen LogP contribution >= 0.6 is 0 Å². The van der Waals surface area contributed by atoms with Gasteiger partial charge in [0.2, 0.25) is 5.95 Å². The van der Waals surface area contributed by atoms with Crippen LogP contribution in [0.3, 0.4) is 0 Å². The van der Waals surface area contributed by atoms with Crippen LogP contribution < -0.4 is 15.8 Å². The number of para-hydroxylation sites is 1. The normalized spacial score (nSPS) is 12.9. The third-order valence-corrected chi connectivity index (χ3v) is 4.34. The fourth-order valence-corrected chi connectivity index (χ4v) is 3.17. The van der Waals surface area contributed by atoms with Gasteiger partial charge >= 0.3 is 0 Å². The second-order valence-electron chi connectivity index (χ2n) is 6.27. The Morgan fingerprint density at radius 3 is 2.88 bits per heavy atom. The summed E-state index contributed by atoms with van der Waals surface area (Å²) in [6, 6.07) is 11.8. The Morgan fingerprint density at radius 2 is 2.08 bits per heavy atom. The van der Waals surface area contributed by atoms with Gasteiger partial charge in [0.05, 0.1) is 17.6 Å². The van der Waals surface area contributed by atoms with Gasteiger partial charge in [0.1, 0.15) is 5.82 Å². The summed E-state index contributed by atoms with van der Waals surface area (Å²) in [6.07, 6.45) is 3.37. The molecule has 0 aliphatic carbocycles. The molecule has 2 N–H and O–H groups in total. The predicted octanol–water partition coefficient (Wildman–Crippen LogP) is 2.22. The number of benzene rings is 1. The molecule has 26 heavy (non-hydrogen) atoms. The molecule has 7 heteroatoms. The lowest BCUT2D eigenvalue weighted by Gasteiger charge is -2.18. The molecule has 3 heterocycles. The average molecular weight is 348 g/mol. The van der Waals surface area contributed by atoms with Gasteiger partial charge in [-0.3, -0.25) is 4.79 Å². The molecule has 0 amide bonds. The maximum atomic E-state index is 11.5. The number of nitrogens with one attached hydrogen (secondary N) is 2. The fourth-order valence-electron chi connectivity index (χ4n) is 3.17. The predicted molar refractivity (Wildman–Crippen MR) is 101 cm³/mol. The Morgan fingerprint density at radius 1 is 1.23 bits per heavy atom. The minimum Gasteiger partial charge on any atom is -0.354 e. The van der Waals surface area contributed by atoms with Crippen molar-refractivity contribution in [2.45, 2.75) is 19.8 Å². The summed E-state index contributed by atoms with van der Waals surface area (Å²) in [7, 11) is 0. The molecule has 0 radical (unpaired) electrons. The fraction of sp³-hybridized carbons (Fsp3) is 0.263. The van der Waals surface area contributed by atoms with Crippen molar-refractivity contribution in [2.24, 2.45) is 0 Å². The van der Waals surface area contributed by atoms with Crippen molar-refractivity contribution >= 4 is 17.3 Å². The highest BCUT2D eigenvalue weighted by atomic mass is 16.1.